The van der Waals surface area contributed by atoms with E-state index in [1.165, 1.54) is 6.07 Å². The molecule has 1 atom stereocenters. The van der Waals surface area contributed by atoms with E-state index in [1.807, 2.05) is 36.4 Å². The van der Waals surface area contributed by atoms with Crippen LogP contribution in [0, 0.1) is 0 Å². The highest BCUT2D eigenvalue weighted by Crippen LogP contribution is 2.36. The number of hydrogen-bond acceptors (Lipinski definition) is 5. The highest BCUT2D eigenvalue weighted by atomic mass is 16.5. The van der Waals surface area contributed by atoms with Crippen LogP contribution >= 0.6 is 0 Å². The zero-order chi connectivity index (χ0) is 20.8. The second-order valence-electron chi connectivity index (χ2n) is 7.24. The van der Waals surface area contributed by atoms with E-state index < -0.39 is 29.7 Å². The number of carbonyl (C=O) groups is 4. The van der Waals surface area contributed by atoms with Crippen LogP contribution < -0.4 is 10.1 Å². The molecular formula is C23H16N2O5. The van der Waals surface area contributed by atoms with E-state index >= 15 is 0 Å². The first kappa shape index (κ1) is 18.1. The molecule has 148 valence electrons. The minimum absolute atomic E-state index is 0.0737. The maximum Gasteiger partial charge on any atom is 0.266 e. The number of amides is 4. The van der Waals surface area contributed by atoms with Gasteiger partial charge in [0.05, 0.1) is 11.1 Å². The molecule has 2 heterocycles. The minimum atomic E-state index is -1.01. The van der Waals surface area contributed by atoms with Gasteiger partial charge in [-0.3, -0.25) is 29.4 Å². The predicted octanol–water partition coefficient (Wildman–Crippen LogP) is 3.03. The van der Waals surface area contributed by atoms with Crippen molar-refractivity contribution in [2.24, 2.45) is 0 Å². The molecule has 7 heteroatoms. The first-order chi connectivity index (χ1) is 14.5. The summed E-state index contributed by atoms with van der Waals surface area (Å²) in [6.45, 7) is 0. The van der Waals surface area contributed by atoms with Crippen molar-refractivity contribution in [3.8, 4) is 11.5 Å². The lowest BCUT2D eigenvalue weighted by Crippen LogP contribution is -2.54. The van der Waals surface area contributed by atoms with Gasteiger partial charge in [0.15, 0.2) is 0 Å². The summed E-state index contributed by atoms with van der Waals surface area (Å²) in [6, 6.07) is 17.1. The summed E-state index contributed by atoms with van der Waals surface area (Å²) in [6.07, 6.45) is 0.182. The Labute approximate surface area is 171 Å². The van der Waals surface area contributed by atoms with Crippen LogP contribution in [-0.4, -0.2) is 34.6 Å². The fraction of sp³-hybridized carbons (Fsp3) is 0.130. The molecule has 0 radical (unpaired) electrons. The minimum Gasteiger partial charge on any atom is -0.456 e. The number of nitrogens with zero attached hydrogens (tertiary/aromatic N) is 1. The summed E-state index contributed by atoms with van der Waals surface area (Å²) in [4.78, 5) is 50.6. The number of nitrogens with one attached hydrogen (secondary N) is 1. The molecule has 2 aliphatic rings. The number of rotatable bonds is 3. The molecule has 0 aromatic heterocycles. The Morgan fingerprint density at radius 2 is 1.67 bits per heavy atom. The fourth-order valence-corrected chi connectivity index (χ4v) is 3.93. The maximum atomic E-state index is 13.1. The summed E-state index contributed by atoms with van der Waals surface area (Å²) >= 11 is 0. The van der Waals surface area contributed by atoms with Gasteiger partial charge in [-0.1, -0.05) is 36.4 Å². The molecular weight excluding hydrogens is 384 g/mol. The Hall–Kier alpha value is -4.00. The van der Waals surface area contributed by atoms with Gasteiger partial charge < -0.3 is 4.74 Å². The topological polar surface area (TPSA) is 92.8 Å². The van der Waals surface area contributed by atoms with Gasteiger partial charge in [0, 0.05) is 6.42 Å². The number of imide groups is 2. The van der Waals surface area contributed by atoms with Crippen LogP contribution in [0.25, 0.3) is 10.8 Å². The maximum absolute atomic E-state index is 13.1. The van der Waals surface area contributed by atoms with Gasteiger partial charge in [-0.15, -0.1) is 0 Å². The van der Waals surface area contributed by atoms with Crippen LogP contribution in [-0.2, 0) is 9.59 Å². The molecule has 2 aliphatic heterocycles. The number of benzene rings is 3. The lowest BCUT2D eigenvalue weighted by Gasteiger charge is -2.27. The number of piperidine rings is 1. The van der Waals surface area contributed by atoms with E-state index in [1.54, 1.807) is 18.2 Å². The number of ether oxygens (including phenoxy) is 1. The lowest BCUT2D eigenvalue weighted by atomic mass is 10.0. The Morgan fingerprint density at radius 3 is 2.47 bits per heavy atom. The second-order valence-corrected chi connectivity index (χ2v) is 7.24. The van der Waals surface area contributed by atoms with E-state index in [4.69, 9.17) is 4.74 Å². The normalized spacial score (nSPS) is 18.5. The zero-order valence-corrected chi connectivity index (χ0v) is 15.8. The van der Waals surface area contributed by atoms with Crippen LogP contribution in [0.15, 0.2) is 60.7 Å². The molecule has 0 spiro atoms. The number of carbonyl (C=O) groups excluding carboxylic acids is 4. The Kier molecular flexibility index (Phi) is 4.10. The van der Waals surface area contributed by atoms with Gasteiger partial charge in [-0.05, 0) is 41.5 Å². The van der Waals surface area contributed by atoms with Gasteiger partial charge in [-0.2, -0.15) is 0 Å². The quantitative estimate of drug-likeness (QED) is 0.682. The van der Waals surface area contributed by atoms with Crippen LogP contribution in [0.5, 0.6) is 11.5 Å². The van der Waals surface area contributed by atoms with E-state index in [-0.39, 0.29) is 29.7 Å². The largest absolute Gasteiger partial charge is 0.456 e. The van der Waals surface area contributed by atoms with Crippen molar-refractivity contribution in [1.29, 1.82) is 0 Å². The van der Waals surface area contributed by atoms with Crippen LogP contribution in [0.3, 0.4) is 0 Å². The molecule has 1 N–H and O–H groups in total. The van der Waals surface area contributed by atoms with Crippen molar-refractivity contribution < 1.29 is 23.9 Å². The van der Waals surface area contributed by atoms with Gasteiger partial charge in [0.1, 0.15) is 17.5 Å². The first-order valence-electron chi connectivity index (χ1n) is 9.54. The Balaban J connectivity index is 1.50. The summed E-state index contributed by atoms with van der Waals surface area (Å²) in [7, 11) is 0. The third-order valence-electron chi connectivity index (χ3n) is 5.38. The SMILES string of the molecule is O=C1CCC(N2C(=O)c3cccc(Oc4ccc5ccccc5c4)c3C2=O)C(=O)N1. The predicted molar refractivity (Wildman–Crippen MR) is 107 cm³/mol. The van der Waals surface area contributed by atoms with Crippen molar-refractivity contribution in [1.82, 2.24) is 10.2 Å². The lowest BCUT2D eigenvalue weighted by molar-refractivity contribution is -0.136. The molecule has 3 aromatic carbocycles. The smallest absolute Gasteiger partial charge is 0.266 e. The highest BCUT2D eigenvalue weighted by molar-refractivity contribution is 6.24. The average Bonchev–Trinajstić information content (AvgIpc) is 2.99. The van der Waals surface area contributed by atoms with Gasteiger partial charge >= 0.3 is 0 Å². The Bertz CT molecular complexity index is 1250. The monoisotopic (exact) mass is 400 g/mol. The Morgan fingerprint density at radius 1 is 0.867 bits per heavy atom. The third kappa shape index (κ3) is 2.83. The first-order valence-corrected chi connectivity index (χ1v) is 9.54. The van der Waals surface area contributed by atoms with E-state index in [9.17, 15) is 19.2 Å². The number of hydrogen-bond donors (Lipinski definition) is 1. The molecule has 0 saturated carbocycles. The summed E-state index contributed by atoms with van der Waals surface area (Å²) in [5.74, 6) is -1.43. The highest BCUT2D eigenvalue weighted by Gasteiger charge is 2.46. The molecule has 0 aliphatic carbocycles. The molecule has 4 amide bonds. The summed E-state index contributed by atoms with van der Waals surface area (Å²) in [5.41, 5.74) is 0.309. The van der Waals surface area contributed by atoms with E-state index in [2.05, 4.69) is 5.32 Å². The van der Waals surface area contributed by atoms with Crippen molar-refractivity contribution in [2.75, 3.05) is 0 Å². The third-order valence-corrected chi connectivity index (χ3v) is 5.38. The molecule has 7 nitrogen and oxygen atoms in total. The molecule has 3 aromatic rings. The van der Waals surface area contributed by atoms with E-state index in [0.29, 0.717) is 5.75 Å². The average molecular weight is 400 g/mol. The van der Waals surface area contributed by atoms with Gasteiger partial charge in [0.25, 0.3) is 11.8 Å². The van der Waals surface area contributed by atoms with Crippen molar-refractivity contribution in [2.45, 2.75) is 18.9 Å². The van der Waals surface area contributed by atoms with Crippen molar-refractivity contribution >= 4 is 34.4 Å². The van der Waals surface area contributed by atoms with Crippen molar-refractivity contribution in [3.63, 3.8) is 0 Å². The molecule has 5 rings (SSSR count). The van der Waals surface area contributed by atoms with Crippen LogP contribution in [0.1, 0.15) is 33.6 Å². The molecule has 1 saturated heterocycles. The van der Waals surface area contributed by atoms with Gasteiger partial charge in [0.2, 0.25) is 11.8 Å². The fourth-order valence-electron chi connectivity index (χ4n) is 3.93. The van der Waals surface area contributed by atoms with Gasteiger partial charge in [-0.25, -0.2) is 0 Å². The summed E-state index contributed by atoms with van der Waals surface area (Å²) < 4.78 is 5.97. The molecule has 30 heavy (non-hydrogen) atoms. The van der Waals surface area contributed by atoms with Crippen LogP contribution in [0.2, 0.25) is 0 Å². The van der Waals surface area contributed by atoms with Crippen LogP contribution in [0.4, 0.5) is 0 Å². The second kappa shape index (κ2) is 6.81. The molecule has 0 bridgehead atoms. The zero-order valence-electron chi connectivity index (χ0n) is 15.8. The molecule has 1 unspecified atom stereocenters. The standard InChI is InChI=1S/C23H16N2O5/c26-19-11-10-17(21(27)24-19)25-22(28)16-6-3-7-18(20(16)23(25)29)30-15-9-8-13-4-1-2-5-14(13)12-15/h1-9,12,17H,10-11H2,(H,24,26,27). The summed E-state index contributed by atoms with van der Waals surface area (Å²) in [5, 5.41) is 4.23. The number of fused-ring (bicyclic) bond motifs is 2. The van der Waals surface area contributed by atoms with Crippen molar-refractivity contribution in [3.05, 3.63) is 71.8 Å². The molecule has 1 fully saturated rings. The van der Waals surface area contributed by atoms with E-state index in [0.717, 1.165) is 15.7 Å².